The first kappa shape index (κ1) is 20.9. The smallest absolute Gasteiger partial charge is 0.269 e. The van der Waals surface area contributed by atoms with Crippen LogP contribution in [0.5, 0.6) is 5.75 Å². The third kappa shape index (κ3) is 4.12. The normalized spacial score (nSPS) is 10.8. The van der Waals surface area contributed by atoms with E-state index in [-0.39, 0.29) is 17.5 Å². The fourth-order valence-corrected chi connectivity index (χ4v) is 3.16. The summed E-state index contributed by atoms with van der Waals surface area (Å²) in [4.78, 5) is 24.3. The number of rotatable bonds is 7. The Morgan fingerprint density at radius 3 is 2.40 bits per heavy atom. The molecule has 1 aromatic heterocycles. The molecule has 1 heterocycles. The van der Waals surface area contributed by atoms with Gasteiger partial charge in [-0.2, -0.15) is 5.10 Å². The van der Waals surface area contributed by atoms with Gasteiger partial charge in [-0.05, 0) is 35.7 Å². The zero-order chi connectivity index (χ0) is 21.8. The van der Waals surface area contributed by atoms with Crippen molar-refractivity contribution in [2.45, 2.75) is 26.3 Å². The minimum Gasteiger partial charge on any atom is -0.496 e. The highest BCUT2D eigenvalue weighted by Gasteiger charge is 2.22. The number of hydrogen-bond donors (Lipinski definition) is 3. The Hall–Kier alpha value is -3.81. The molecule has 156 valence electrons. The highest BCUT2D eigenvalue weighted by atomic mass is 16.5. The van der Waals surface area contributed by atoms with Crippen LogP contribution in [0.1, 0.15) is 51.9 Å². The Labute approximate surface area is 174 Å². The second-order valence-electron chi connectivity index (χ2n) is 7.13. The van der Waals surface area contributed by atoms with Crippen LogP contribution < -0.4 is 21.5 Å². The van der Waals surface area contributed by atoms with Gasteiger partial charge in [-0.15, -0.1) is 0 Å². The number of nitrogen functional groups attached to an aromatic ring is 1. The summed E-state index contributed by atoms with van der Waals surface area (Å²) < 4.78 is 6.69. The number of primary amides is 1. The van der Waals surface area contributed by atoms with Gasteiger partial charge >= 0.3 is 0 Å². The number of methoxy groups -OCH3 is 1. The van der Waals surface area contributed by atoms with Crippen molar-refractivity contribution in [3.05, 3.63) is 71.0 Å². The fourth-order valence-electron chi connectivity index (χ4n) is 3.16. The highest BCUT2D eigenvalue weighted by Crippen LogP contribution is 2.26. The molecule has 0 aliphatic heterocycles. The van der Waals surface area contributed by atoms with Gasteiger partial charge in [0.1, 0.15) is 5.75 Å². The standard InChI is InChI=1S/C22H25N5O3/c1-13(2)19-18(23)20(21(24)28)27(26-19)15-10-8-14(9-11-15)12-25-22(29)16-6-4-5-7-17(16)30-3/h4-11,13H,12,23H2,1-3H3,(H2,24,28)(H,25,29). The molecule has 5 N–H and O–H groups in total. The average molecular weight is 407 g/mol. The molecular formula is C22H25N5O3. The van der Waals surface area contributed by atoms with Crippen molar-refractivity contribution in [1.29, 1.82) is 0 Å². The Bertz CT molecular complexity index is 1070. The maximum atomic E-state index is 12.4. The lowest BCUT2D eigenvalue weighted by Gasteiger charge is -2.10. The van der Waals surface area contributed by atoms with E-state index in [9.17, 15) is 9.59 Å². The molecule has 2 aromatic carbocycles. The van der Waals surface area contributed by atoms with Crippen LogP contribution in [0.3, 0.4) is 0 Å². The van der Waals surface area contributed by atoms with Crippen molar-refractivity contribution in [3.63, 3.8) is 0 Å². The minimum absolute atomic E-state index is 0.0498. The van der Waals surface area contributed by atoms with Gasteiger partial charge in [0.15, 0.2) is 5.69 Å². The number of carbonyl (C=O) groups is 2. The fraction of sp³-hybridized carbons (Fsp3) is 0.227. The maximum Gasteiger partial charge on any atom is 0.269 e. The van der Waals surface area contributed by atoms with Crippen LogP contribution in [0.2, 0.25) is 0 Å². The number of nitrogens with zero attached hydrogens (tertiary/aromatic N) is 2. The topological polar surface area (TPSA) is 125 Å². The second kappa shape index (κ2) is 8.69. The number of nitrogens with two attached hydrogens (primary N) is 2. The highest BCUT2D eigenvalue weighted by molar-refractivity contribution is 5.97. The van der Waals surface area contributed by atoms with E-state index in [1.54, 1.807) is 36.4 Å². The number of carbonyl (C=O) groups excluding carboxylic acids is 2. The number of anilines is 1. The van der Waals surface area contributed by atoms with E-state index in [0.29, 0.717) is 34.9 Å². The van der Waals surface area contributed by atoms with Gasteiger partial charge in [0.2, 0.25) is 0 Å². The molecule has 0 unspecified atom stereocenters. The number of hydrogen-bond acceptors (Lipinski definition) is 5. The van der Waals surface area contributed by atoms with Gasteiger partial charge in [-0.25, -0.2) is 4.68 Å². The summed E-state index contributed by atoms with van der Waals surface area (Å²) in [5.74, 6) is -0.301. The largest absolute Gasteiger partial charge is 0.496 e. The van der Waals surface area contributed by atoms with E-state index in [1.165, 1.54) is 11.8 Å². The molecule has 0 radical (unpaired) electrons. The molecule has 30 heavy (non-hydrogen) atoms. The Kier molecular flexibility index (Phi) is 6.06. The summed E-state index contributed by atoms with van der Waals surface area (Å²) in [5, 5.41) is 7.34. The van der Waals surface area contributed by atoms with Crippen LogP contribution in [0.4, 0.5) is 5.69 Å². The number of benzene rings is 2. The van der Waals surface area contributed by atoms with Gasteiger partial charge in [-0.3, -0.25) is 9.59 Å². The predicted molar refractivity (Wildman–Crippen MR) is 115 cm³/mol. The lowest BCUT2D eigenvalue weighted by atomic mass is 10.1. The van der Waals surface area contributed by atoms with Gasteiger partial charge in [0.05, 0.1) is 29.7 Å². The summed E-state index contributed by atoms with van der Waals surface area (Å²) >= 11 is 0. The first-order chi connectivity index (χ1) is 14.3. The molecule has 8 nitrogen and oxygen atoms in total. The summed E-state index contributed by atoms with van der Waals surface area (Å²) in [6.45, 7) is 4.22. The molecule has 2 amide bonds. The van der Waals surface area contributed by atoms with Crippen molar-refractivity contribution in [2.24, 2.45) is 5.73 Å². The van der Waals surface area contributed by atoms with Crippen LogP contribution in [0.15, 0.2) is 48.5 Å². The van der Waals surface area contributed by atoms with Crippen LogP contribution in [0.25, 0.3) is 5.69 Å². The van der Waals surface area contributed by atoms with Gasteiger partial charge in [0, 0.05) is 6.54 Å². The summed E-state index contributed by atoms with van der Waals surface area (Å²) in [5.41, 5.74) is 14.7. The summed E-state index contributed by atoms with van der Waals surface area (Å²) in [6.07, 6.45) is 0. The molecular weight excluding hydrogens is 382 g/mol. The summed E-state index contributed by atoms with van der Waals surface area (Å²) in [7, 11) is 1.53. The van der Waals surface area contributed by atoms with Crippen molar-refractivity contribution in [3.8, 4) is 11.4 Å². The zero-order valence-electron chi connectivity index (χ0n) is 17.2. The third-order valence-electron chi connectivity index (χ3n) is 4.72. The van der Waals surface area contributed by atoms with E-state index < -0.39 is 5.91 Å². The van der Waals surface area contributed by atoms with E-state index in [2.05, 4.69) is 10.4 Å². The molecule has 0 saturated heterocycles. The van der Waals surface area contributed by atoms with Crippen molar-refractivity contribution < 1.29 is 14.3 Å². The molecule has 0 bridgehead atoms. The first-order valence-corrected chi connectivity index (χ1v) is 9.52. The Morgan fingerprint density at radius 2 is 1.80 bits per heavy atom. The van der Waals surface area contributed by atoms with E-state index in [4.69, 9.17) is 16.2 Å². The summed E-state index contributed by atoms with van der Waals surface area (Å²) in [6, 6.07) is 14.3. The molecule has 0 atom stereocenters. The molecule has 0 aliphatic rings. The van der Waals surface area contributed by atoms with E-state index in [1.807, 2.05) is 26.0 Å². The van der Waals surface area contributed by atoms with Crippen LogP contribution in [-0.4, -0.2) is 28.7 Å². The van der Waals surface area contributed by atoms with Gasteiger partial charge in [-0.1, -0.05) is 38.1 Å². The second-order valence-corrected chi connectivity index (χ2v) is 7.13. The number of ether oxygens (including phenoxy) is 1. The monoisotopic (exact) mass is 407 g/mol. The Morgan fingerprint density at radius 1 is 1.13 bits per heavy atom. The SMILES string of the molecule is COc1ccccc1C(=O)NCc1ccc(-n2nc(C(C)C)c(N)c2C(N)=O)cc1. The first-order valence-electron chi connectivity index (χ1n) is 9.52. The molecule has 0 spiro atoms. The average Bonchev–Trinajstić information content (AvgIpc) is 3.10. The molecule has 0 saturated carbocycles. The van der Waals surface area contributed by atoms with Gasteiger partial charge in [0.25, 0.3) is 11.8 Å². The van der Waals surface area contributed by atoms with Crippen LogP contribution in [0, 0.1) is 0 Å². The molecule has 3 aromatic rings. The third-order valence-corrected chi connectivity index (χ3v) is 4.72. The predicted octanol–water partition coefficient (Wildman–Crippen LogP) is 2.62. The molecule has 0 fully saturated rings. The van der Waals surface area contributed by atoms with E-state index in [0.717, 1.165) is 5.56 Å². The Balaban J connectivity index is 1.78. The molecule has 8 heteroatoms. The van der Waals surface area contributed by atoms with Crippen LogP contribution >= 0.6 is 0 Å². The maximum absolute atomic E-state index is 12.4. The van der Waals surface area contributed by atoms with Gasteiger partial charge < -0.3 is 21.5 Å². The minimum atomic E-state index is -0.639. The lowest BCUT2D eigenvalue weighted by molar-refractivity contribution is 0.0946. The van der Waals surface area contributed by atoms with Crippen molar-refractivity contribution >= 4 is 17.5 Å². The molecule has 3 rings (SSSR count). The van der Waals surface area contributed by atoms with Crippen molar-refractivity contribution in [1.82, 2.24) is 15.1 Å². The van der Waals surface area contributed by atoms with Crippen LogP contribution in [-0.2, 0) is 6.54 Å². The number of para-hydroxylation sites is 1. The zero-order valence-corrected chi connectivity index (χ0v) is 17.2. The quantitative estimate of drug-likeness (QED) is 0.555. The van der Waals surface area contributed by atoms with Crippen molar-refractivity contribution in [2.75, 3.05) is 12.8 Å². The number of nitrogens with one attached hydrogen (secondary N) is 1. The van der Waals surface area contributed by atoms with E-state index >= 15 is 0 Å². The molecule has 0 aliphatic carbocycles. The lowest BCUT2D eigenvalue weighted by Crippen LogP contribution is -2.23. The number of amides is 2. The number of aromatic nitrogens is 2.